The quantitative estimate of drug-likeness (QED) is 0.452. The van der Waals surface area contributed by atoms with Crippen LogP contribution in [0.5, 0.6) is 17.2 Å². The summed E-state index contributed by atoms with van der Waals surface area (Å²) in [4.78, 5) is 18.6. The molecule has 0 saturated carbocycles. The maximum Gasteiger partial charge on any atom is 0.257 e. The minimum atomic E-state index is -0.279. The number of hydrogen-bond acceptors (Lipinski definition) is 7. The van der Waals surface area contributed by atoms with Gasteiger partial charge in [-0.3, -0.25) is 10.1 Å². The number of thioether (sulfide) groups is 1. The van der Waals surface area contributed by atoms with E-state index in [2.05, 4.69) is 16.4 Å². The van der Waals surface area contributed by atoms with Crippen LogP contribution < -0.4 is 19.5 Å². The van der Waals surface area contributed by atoms with Gasteiger partial charge in [0.15, 0.2) is 16.6 Å². The van der Waals surface area contributed by atoms with E-state index in [4.69, 9.17) is 14.2 Å². The summed E-state index contributed by atoms with van der Waals surface area (Å²) in [6.07, 6.45) is 2.03. The van der Waals surface area contributed by atoms with Crippen molar-refractivity contribution in [3.63, 3.8) is 0 Å². The minimum absolute atomic E-state index is 0.279. The van der Waals surface area contributed by atoms with Gasteiger partial charge in [0.05, 0.1) is 30.0 Å². The van der Waals surface area contributed by atoms with Crippen molar-refractivity contribution in [1.82, 2.24) is 4.98 Å². The molecule has 1 N–H and O–H groups in total. The standard InChI is InChI=1S/C21H24N2O4S2/c1-5-25-16-10-13(11-17(26-6-2)19(16)27-7-3)20(24)23-21-22-15-9-8-14(28-4)12-18(15)29-21/h8-12H,5-7H2,1-4H3,(H,22,23,24). The lowest BCUT2D eigenvalue weighted by molar-refractivity contribution is 0.102. The van der Waals surface area contributed by atoms with Crippen LogP contribution in [0.4, 0.5) is 5.13 Å². The number of ether oxygens (including phenoxy) is 3. The number of nitrogens with zero attached hydrogens (tertiary/aromatic N) is 1. The van der Waals surface area contributed by atoms with Crippen LogP contribution in [0.3, 0.4) is 0 Å². The van der Waals surface area contributed by atoms with Gasteiger partial charge in [-0.1, -0.05) is 11.3 Å². The number of benzene rings is 2. The predicted molar refractivity (Wildman–Crippen MR) is 119 cm³/mol. The van der Waals surface area contributed by atoms with Crippen LogP contribution in [0.15, 0.2) is 35.2 Å². The Kier molecular flexibility index (Phi) is 7.22. The van der Waals surface area contributed by atoms with Gasteiger partial charge in [-0.05, 0) is 57.4 Å². The summed E-state index contributed by atoms with van der Waals surface area (Å²) in [6, 6.07) is 9.40. The van der Waals surface area contributed by atoms with Crippen molar-refractivity contribution in [3.05, 3.63) is 35.9 Å². The van der Waals surface area contributed by atoms with Crippen molar-refractivity contribution in [2.24, 2.45) is 0 Å². The Morgan fingerprint density at radius 1 is 1.03 bits per heavy atom. The highest BCUT2D eigenvalue weighted by molar-refractivity contribution is 7.98. The zero-order valence-corrected chi connectivity index (χ0v) is 18.5. The molecule has 0 aliphatic rings. The van der Waals surface area contributed by atoms with Gasteiger partial charge >= 0.3 is 0 Å². The van der Waals surface area contributed by atoms with Crippen LogP contribution in [0.2, 0.25) is 0 Å². The highest BCUT2D eigenvalue weighted by atomic mass is 32.2. The van der Waals surface area contributed by atoms with Crippen molar-refractivity contribution in [3.8, 4) is 17.2 Å². The Morgan fingerprint density at radius 3 is 2.28 bits per heavy atom. The van der Waals surface area contributed by atoms with E-state index in [0.717, 1.165) is 15.1 Å². The average Bonchev–Trinajstić information content (AvgIpc) is 3.11. The van der Waals surface area contributed by atoms with Crippen LogP contribution in [0.25, 0.3) is 10.2 Å². The number of aromatic nitrogens is 1. The minimum Gasteiger partial charge on any atom is -0.490 e. The third-order valence-electron chi connectivity index (χ3n) is 3.99. The number of hydrogen-bond donors (Lipinski definition) is 1. The number of nitrogens with one attached hydrogen (secondary N) is 1. The SMILES string of the molecule is CCOc1cc(C(=O)Nc2nc3ccc(SC)cc3s2)cc(OCC)c1OCC. The van der Waals surface area contributed by atoms with Gasteiger partial charge in [0.2, 0.25) is 5.75 Å². The van der Waals surface area contributed by atoms with E-state index in [9.17, 15) is 4.79 Å². The summed E-state index contributed by atoms with van der Waals surface area (Å²) in [7, 11) is 0. The number of carbonyl (C=O) groups is 1. The molecule has 6 nitrogen and oxygen atoms in total. The normalized spacial score (nSPS) is 10.8. The number of fused-ring (bicyclic) bond motifs is 1. The fraction of sp³-hybridized carbons (Fsp3) is 0.333. The van der Waals surface area contributed by atoms with Gasteiger partial charge < -0.3 is 14.2 Å². The van der Waals surface area contributed by atoms with E-state index in [1.54, 1.807) is 23.9 Å². The Balaban J connectivity index is 1.91. The molecule has 154 valence electrons. The predicted octanol–water partition coefficient (Wildman–Crippen LogP) is 5.47. The summed E-state index contributed by atoms with van der Waals surface area (Å²) in [5, 5.41) is 3.43. The Labute approximate surface area is 178 Å². The first-order valence-electron chi connectivity index (χ1n) is 9.41. The van der Waals surface area contributed by atoms with Gasteiger partial charge in [-0.15, -0.1) is 11.8 Å². The van der Waals surface area contributed by atoms with Crippen molar-refractivity contribution in [2.75, 3.05) is 31.4 Å². The second kappa shape index (κ2) is 9.84. The fourth-order valence-electron chi connectivity index (χ4n) is 2.77. The van der Waals surface area contributed by atoms with Crippen molar-refractivity contribution < 1.29 is 19.0 Å². The second-order valence-electron chi connectivity index (χ2n) is 5.91. The Morgan fingerprint density at radius 2 is 1.69 bits per heavy atom. The molecule has 1 amide bonds. The number of rotatable bonds is 9. The Hall–Kier alpha value is -2.45. The zero-order valence-electron chi connectivity index (χ0n) is 16.9. The van der Waals surface area contributed by atoms with Crippen LogP contribution in [0.1, 0.15) is 31.1 Å². The lowest BCUT2D eigenvalue weighted by Gasteiger charge is -2.16. The van der Waals surface area contributed by atoms with E-state index in [1.165, 1.54) is 11.3 Å². The molecular weight excluding hydrogens is 408 g/mol. The molecule has 3 rings (SSSR count). The lowest BCUT2D eigenvalue weighted by atomic mass is 10.1. The van der Waals surface area contributed by atoms with E-state index in [-0.39, 0.29) is 5.91 Å². The molecule has 8 heteroatoms. The number of amides is 1. The second-order valence-corrected chi connectivity index (χ2v) is 7.82. The molecule has 0 bridgehead atoms. The monoisotopic (exact) mass is 432 g/mol. The first-order chi connectivity index (χ1) is 14.1. The lowest BCUT2D eigenvalue weighted by Crippen LogP contribution is -2.13. The molecule has 0 radical (unpaired) electrons. The van der Waals surface area contributed by atoms with Crippen molar-refractivity contribution in [1.29, 1.82) is 0 Å². The van der Waals surface area contributed by atoms with Crippen LogP contribution >= 0.6 is 23.1 Å². The average molecular weight is 433 g/mol. The van der Waals surface area contributed by atoms with E-state index in [0.29, 0.717) is 47.8 Å². The van der Waals surface area contributed by atoms with Gasteiger partial charge in [-0.25, -0.2) is 4.98 Å². The number of thiazole rings is 1. The summed E-state index contributed by atoms with van der Waals surface area (Å²) >= 11 is 3.12. The molecule has 0 aliphatic heterocycles. The summed E-state index contributed by atoms with van der Waals surface area (Å²) in [5.74, 6) is 1.20. The fourth-order valence-corrected chi connectivity index (χ4v) is 4.19. The van der Waals surface area contributed by atoms with E-state index in [1.807, 2.05) is 39.2 Å². The highest BCUT2D eigenvalue weighted by Crippen LogP contribution is 2.39. The van der Waals surface area contributed by atoms with Crippen molar-refractivity contribution >= 4 is 44.4 Å². The van der Waals surface area contributed by atoms with Crippen molar-refractivity contribution in [2.45, 2.75) is 25.7 Å². The highest BCUT2D eigenvalue weighted by Gasteiger charge is 2.19. The van der Waals surface area contributed by atoms with Gasteiger partial charge in [0.1, 0.15) is 0 Å². The molecule has 1 aromatic heterocycles. The molecule has 2 aromatic carbocycles. The van der Waals surface area contributed by atoms with E-state index >= 15 is 0 Å². The molecule has 0 spiro atoms. The molecule has 0 unspecified atom stereocenters. The molecule has 0 atom stereocenters. The molecule has 0 fully saturated rings. The first-order valence-corrected chi connectivity index (χ1v) is 11.5. The molecule has 29 heavy (non-hydrogen) atoms. The molecule has 0 saturated heterocycles. The molecular formula is C21H24N2O4S2. The summed E-state index contributed by atoms with van der Waals surface area (Å²) < 4.78 is 18.1. The van der Waals surface area contributed by atoms with Crippen LogP contribution in [0, 0.1) is 0 Å². The molecule has 0 aliphatic carbocycles. The summed E-state index contributed by atoms with van der Waals surface area (Å²) in [5.41, 5.74) is 1.28. The van der Waals surface area contributed by atoms with Gasteiger partial charge in [0.25, 0.3) is 5.91 Å². The summed E-state index contributed by atoms with van der Waals surface area (Å²) in [6.45, 7) is 7.02. The Bertz CT molecular complexity index is 977. The number of carbonyl (C=O) groups excluding carboxylic acids is 1. The molecule has 1 heterocycles. The first kappa shape index (κ1) is 21.3. The smallest absolute Gasteiger partial charge is 0.257 e. The zero-order chi connectivity index (χ0) is 20.8. The largest absolute Gasteiger partial charge is 0.490 e. The van der Waals surface area contributed by atoms with Crippen LogP contribution in [-0.4, -0.2) is 37.0 Å². The van der Waals surface area contributed by atoms with E-state index < -0.39 is 0 Å². The third kappa shape index (κ3) is 4.94. The maximum atomic E-state index is 12.9. The number of anilines is 1. The maximum absolute atomic E-state index is 12.9. The topological polar surface area (TPSA) is 69.7 Å². The van der Waals surface area contributed by atoms with Gasteiger partial charge in [0, 0.05) is 10.5 Å². The third-order valence-corrected chi connectivity index (χ3v) is 5.65. The van der Waals surface area contributed by atoms with Crippen LogP contribution in [-0.2, 0) is 0 Å². The molecule has 3 aromatic rings. The van der Waals surface area contributed by atoms with Gasteiger partial charge in [-0.2, -0.15) is 0 Å².